The van der Waals surface area contributed by atoms with E-state index in [1.165, 1.54) is 4.88 Å². The average molecular weight is 344 g/mol. The van der Waals surface area contributed by atoms with Gasteiger partial charge in [0.15, 0.2) is 0 Å². The van der Waals surface area contributed by atoms with Crippen LogP contribution in [0.5, 0.6) is 0 Å². The molecule has 2 rings (SSSR count). The molecule has 0 spiro atoms. The van der Waals surface area contributed by atoms with Gasteiger partial charge in [0.05, 0.1) is 0 Å². The van der Waals surface area contributed by atoms with Crippen LogP contribution < -0.4 is 10.6 Å². The first kappa shape index (κ1) is 18.2. The zero-order valence-corrected chi connectivity index (χ0v) is 15.0. The van der Waals surface area contributed by atoms with Gasteiger partial charge in [-0.05, 0) is 61.9 Å². The molecule has 0 aliphatic rings. The molecular weight excluding hydrogens is 320 g/mol. The Kier molecular flexibility index (Phi) is 6.55. The summed E-state index contributed by atoms with van der Waals surface area (Å²) in [7, 11) is 0. The normalized spacial score (nSPS) is 11.9. The number of nitrogens with zero attached hydrogens (tertiary/aromatic N) is 1. The van der Waals surface area contributed by atoms with Crippen LogP contribution in [0.1, 0.15) is 48.3 Å². The Bertz CT molecular complexity index is 665. The van der Waals surface area contributed by atoms with Gasteiger partial charge in [-0.2, -0.15) is 0 Å². The first-order chi connectivity index (χ1) is 11.5. The van der Waals surface area contributed by atoms with Gasteiger partial charge >= 0.3 is 0 Å². The molecule has 2 amide bonds. The summed E-state index contributed by atoms with van der Waals surface area (Å²) in [4.78, 5) is 27.1. The second-order valence-electron chi connectivity index (χ2n) is 5.87. The topological polar surface area (TPSA) is 63.4 Å². The highest BCUT2D eigenvalue weighted by Gasteiger charge is 2.20. The molecule has 0 aliphatic heterocycles. The monoisotopic (exact) mass is 344 g/mol. The van der Waals surface area contributed by atoms with Gasteiger partial charge in [0.25, 0.3) is 0 Å². The molecule has 24 heavy (non-hydrogen) atoms. The third-order valence-electron chi connectivity index (χ3n) is 4.12. The van der Waals surface area contributed by atoms with Crippen molar-refractivity contribution < 1.29 is 9.59 Å². The lowest BCUT2D eigenvalue weighted by Crippen LogP contribution is -2.38. The maximum Gasteiger partial charge on any atom is 0.248 e. The summed E-state index contributed by atoms with van der Waals surface area (Å²) < 4.78 is 0. The van der Waals surface area contributed by atoms with E-state index in [1.54, 1.807) is 35.6 Å². The minimum atomic E-state index is -0.459. The lowest BCUT2D eigenvalue weighted by atomic mass is 10.1. The molecule has 1 aromatic carbocycles. The molecule has 1 heterocycles. The van der Waals surface area contributed by atoms with E-state index in [4.69, 9.17) is 5.73 Å². The van der Waals surface area contributed by atoms with Gasteiger partial charge in [-0.25, -0.2) is 0 Å². The fourth-order valence-corrected chi connectivity index (χ4v) is 3.35. The third kappa shape index (κ3) is 4.68. The van der Waals surface area contributed by atoms with E-state index in [1.807, 2.05) is 17.9 Å². The molecule has 0 aliphatic carbocycles. The number of amides is 2. The zero-order chi connectivity index (χ0) is 17.5. The quantitative estimate of drug-likeness (QED) is 0.786. The minimum Gasteiger partial charge on any atom is -0.366 e. The molecule has 2 aromatic rings. The van der Waals surface area contributed by atoms with Crippen molar-refractivity contribution in [2.45, 2.75) is 45.6 Å². The molecule has 0 bridgehead atoms. The van der Waals surface area contributed by atoms with Crippen LogP contribution in [0.15, 0.2) is 41.8 Å². The van der Waals surface area contributed by atoms with Crippen molar-refractivity contribution >= 4 is 28.8 Å². The van der Waals surface area contributed by atoms with E-state index in [-0.39, 0.29) is 11.9 Å². The molecular formula is C19H24N2O2S. The van der Waals surface area contributed by atoms with Crippen LogP contribution in [0.2, 0.25) is 0 Å². The Morgan fingerprint density at radius 1 is 1.21 bits per heavy atom. The van der Waals surface area contributed by atoms with Crippen LogP contribution in [0.4, 0.5) is 5.69 Å². The van der Waals surface area contributed by atoms with Gasteiger partial charge in [0, 0.05) is 28.6 Å². The number of carbonyl (C=O) groups excluding carboxylic acids is 2. The standard InChI is InChI=1S/C19H24N2O2S/c1-3-14(2)21(16-11-9-15(10-12-16)19(20)23)18(22)8-4-6-17-7-5-13-24-17/h5,7,9-14H,3-4,6,8H2,1-2H3,(H2,20,23)/t14-/m1/s1. The Morgan fingerprint density at radius 3 is 2.46 bits per heavy atom. The molecule has 128 valence electrons. The van der Waals surface area contributed by atoms with Crippen LogP contribution in [-0.2, 0) is 11.2 Å². The molecule has 0 saturated carbocycles. The van der Waals surface area contributed by atoms with Crippen LogP contribution in [0.25, 0.3) is 0 Å². The number of benzene rings is 1. The first-order valence-corrected chi connectivity index (χ1v) is 9.15. The van der Waals surface area contributed by atoms with E-state index < -0.39 is 5.91 Å². The predicted molar refractivity (Wildman–Crippen MR) is 99.5 cm³/mol. The predicted octanol–water partition coefficient (Wildman–Crippen LogP) is 4.00. The zero-order valence-electron chi connectivity index (χ0n) is 14.2. The molecule has 0 radical (unpaired) electrons. The summed E-state index contributed by atoms with van der Waals surface area (Å²) in [5.41, 5.74) is 6.55. The van der Waals surface area contributed by atoms with E-state index >= 15 is 0 Å². The third-order valence-corrected chi connectivity index (χ3v) is 5.06. The van der Waals surface area contributed by atoms with Crippen molar-refractivity contribution in [1.29, 1.82) is 0 Å². The fraction of sp³-hybridized carbons (Fsp3) is 0.368. The molecule has 5 heteroatoms. The largest absolute Gasteiger partial charge is 0.366 e. The Hall–Kier alpha value is -2.14. The highest BCUT2D eigenvalue weighted by atomic mass is 32.1. The molecule has 4 nitrogen and oxygen atoms in total. The van der Waals surface area contributed by atoms with Crippen LogP contribution in [-0.4, -0.2) is 17.9 Å². The van der Waals surface area contributed by atoms with Gasteiger partial charge in [0.1, 0.15) is 0 Å². The maximum atomic E-state index is 12.7. The SMILES string of the molecule is CC[C@@H](C)N(C(=O)CCCc1cccs1)c1ccc(C(N)=O)cc1. The maximum absolute atomic E-state index is 12.7. The number of anilines is 1. The minimum absolute atomic E-state index is 0.110. The van der Waals surface area contributed by atoms with Crippen molar-refractivity contribution in [2.24, 2.45) is 5.73 Å². The van der Waals surface area contributed by atoms with Gasteiger partial charge in [-0.3, -0.25) is 9.59 Å². The smallest absolute Gasteiger partial charge is 0.248 e. The van der Waals surface area contributed by atoms with Gasteiger partial charge in [0.2, 0.25) is 11.8 Å². The number of aryl methyl sites for hydroxylation is 1. The summed E-state index contributed by atoms with van der Waals surface area (Å²) in [6.07, 6.45) is 3.15. The second kappa shape index (κ2) is 8.64. The van der Waals surface area contributed by atoms with Crippen LogP contribution >= 0.6 is 11.3 Å². The molecule has 2 N–H and O–H groups in total. The summed E-state index contributed by atoms with van der Waals surface area (Å²) in [6.45, 7) is 4.10. The van der Waals surface area contributed by atoms with Crippen molar-refractivity contribution in [1.82, 2.24) is 0 Å². The average Bonchev–Trinajstić information content (AvgIpc) is 3.08. The van der Waals surface area contributed by atoms with Crippen molar-refractivity contribution in [2.75, 3.05) is 4.90 Å². The number of carbonyl (C=O) groups is 2. The number of hydrogen-bond acceptors (Lipinski definition) is 3. The highest BCUT2D eigenvalue weighted by molar-refractivity contribution is 7.09. The van der Waals surface area contributed by atoms with Crippen molar-refractivity contribution in [3.05, 3.63) is 52.2 Å². The van der Waals surface area contributed by atoms with E-state index in [9.17, 15) is 9.59 Å². The number of primary amides is 1. The number of nitrogens with two attached hydrogens (primary N) is 1. The molecule has 1 aromatic heterocycles. The molecule has 0 fully saturated rings. The Balaban J connectivity index is 2.06. The first-order valence-electron chi connectivity index (χ1n) is 8.27. The molecule has 1 atom stereocenters. The Labute approximate surface area is 147 Å². The van der Waals surface area contributed by atoms with Crippen molar-refractivity contribution in [3.63, 3.8) is 0 Å². The number of hydrogen-bond donors (Lipinski definition) is 1. The van der Waals surface area contributed by atoms with Crippen LogP contribution in [0.3, 0.4) is 0 Å². The van der Waals surface area contributed by atoms with Gasteiger partial charge in [-0.1, -0.05) is 13.0 Å². The summed E-state index contributed by atoms with van der Waals surface area (Å²) in [5.74, 6) is -0.341. The second-order valence-corrected chi connectivity index (χ2v) is 6.90. The molecule has 0 unspecified atom stereocenters. The van der Waals surface area contributed by atoms with Gasteiger partial charge in [-0.15, -0.1) is 11.3 Å². The highest BCUT2D eigenvalue weighted by Crippen LogP contribution is 2.22. The van der Waals surface area contributed by atoms with E-state index in [2.05, 4.69) is 18.4 Å². The molecule has 0 saturated heterocycles. The number of rotatable bonds is 8. The summed E-state index contributed by atoms with van der Waals surface area (Å²) >= 11 is 1.73. The van der Waals surface area contributed by atoms with E-state index in [0.717, 1.165) is 24.9 Å². The van der Waals surface area contributed by atoms with Crippen LogP contribution in [0, 0.1) is 0 Å². The lowest BCUT2D eigenvalue weighted by Gasteiger charge is -2.29. The fourth-order valence-electron chi connectivity index (χ4n) is 2.60. The summed E-state index contributed by atoms with van der Waals surface area (Å²) in [5, 5.41) is 2.06. The van der Waals surface area contributed by atoms with E-state index in [0.29, 0.717) is 12.0 Å². The summed E-state index contributed by atoms with van der Waals surface area (Å²) in [6, 6.07) is 11.2. The van der Waals surface area contributed by atoms with Gasteiger partial charge < -0.3 is 10.6 Å². The Morgan fingerprint density at radius 2 is 1.92 bits per heavy atom. The van der Waals surface area contributed by atoms with Crippen molar-refractivity contribution in [3.8, 4) is 0 Å². The number of thiophene rings is 1. The lowest BCUT2D eigenvalue weighted by molar-refractivity contribution is -0.119.